The van der Waals surface area contributed by atoms with Crippen LogP contribution in [-0.2, 0) is 0 Å². The predicted octanol–water partition coefficient (Wildman–Crippen LogP) is 3.54. The van der Waals surface area contributed by atoms with Crippen LogP contribution in [0, 0.1) is 12.7 Å². The Labute approximate surface area is 160 Å². The molecule has 0 spiro atoms. The maximum atomic E-state index is 13.1. The van der Waals surface area contributed by atoms with E-state index in [4.69, 9.17) is 11.6 Å². The molecule has 1 fully saturated rings. The summed E-state index contributed by atoms with van der Waals surface area (Å²) in [7, 11) is 0. The number of hydrogen-bond acceptors (Lipinski definition) is 4. The Kier molecular flexibility index (Phi) is 5.90. The first-order valence-corrected chi connectivity index (χ1v) is 9.52. The lowest BCUT2D eigenvalue weighted by Gasteiger charge is -2.19. The van der Waals surface area contributed by atoms with E-state index in [1.807, 2.05) is 11.8 Å². The second-order valence-electron chi connectivity index (χ2n) is 6.10. The number of anilines is 1. The van der Waals surface area contributed by atoms with Gasteiger partial charge in [-0.25, -0.2) is 4.39 Å². The molecule has 1 aromatic heterocycles. The fourth-order valence-electron chi connectivity index (χ4n) is 2.80. The van der Waals surface area contributed by atoms with Gasteiger partial charge >= 0.3 is 0 Å². The zero-order valence-electron chi connectivity index (χ0n) is 14.3. The third-order valence-electron chi connectivity index (χ3n) is 4.15. The van der Waals surface area contributed by atoms with Gasteiger partial charge in [0.25, 0.3) is 11.8 Å². The van der Waals surface area contributed by atoms with Gasteiger partial charge < -0.3 is 15.5 Å². The largest absolute Gasteiger partial charge is 0.337 e. The minimum atomic E-state index is -0.502. The molecule has 8 heteroatoms. The van der Waals surface area contributed by atoms with Gasteiger partial charge in [0, 0.05) is 19.6 Å². The quantitative estimate of drug-likeness (QED) is 0.835. The number of hydrogen-bond donors (Lipinski definition) is 2. The summed E-state index contributed by atoms with van der Waals surface area (Å²) in [6.45, 7) is 4.93. The molecule has 0 bridgehead atoms. The number of benzene rings is 1. The van der Waals surface area contributed by atoms with E-state index in [1.54, 1.807) is 6.07 Å². The van der Waals surface area contributed by atoms with Gasteiger partial charge in [-0.1, -0.05) is 11.6 Å². The topological polar surface area (TPSA) is 61.4 Å². The van der Waals surface area contributed by atoms with Gasteiger partial charge in [-0.15, -0.1) is 11.3 Å². The summed E-state index contributed by atoms with van der Waals surface area (Å²) in [5.74, 6) is -0.955. The lowest BCUT2D eigenvalue weighted by molar-refractivity contribution is 0.0770. The molecular weight excluding hydrogens is 377 g/mol. The van der Waals surface area contributed by atoms with E-state index >= 15 is 0 Å². The monoisotopic (exact) mass is 395 g/mol. The fourth-order valence-corrected chi connectivity index (χ4v) is 4.09. The molecule has 1 aliphatic rings. The van der Waals surface area contributed by atoms with Crippen LogP contribution < -0.4 is 10.6 Å². The number of halogens is 2. The van der Waals surface area contributed by atoms with Crippen molar-refractivity contribution in [3.63, 3.8) is 0 Å². The Morgan fingerprint density at radius 1 is 1.27 bits per heavy atom. The van der Waals surface area contributed by atoms with Gasteiger partial charge in [0.2, 0.25) is 0 Å². The Morgan fingerprint density at radius 3 is 2.85 bits per heavy atom. The molecule has 0 unspecified atom stereocenters. The summed E-state index contributed by atoms with van der Waals surface area (Å²) in [4.78, 5) is 27.6. The van der Waals surface area contributed by atoms with Gasteiger partial charge in [-0.2, -0.15) is 0 Å². The van der Waals surface area contributed by atoms with E-state index < -0.39 is 11.7 Å². The lowest BCUT2D eigenvalue weighted by Crippen LogP contribution is -2.34. The van der Waals surface area contributed by atoms with E-state index in [0.29, 0.717) is 16.4 Å². The van der Waals surface area contributed by atoms with Crippen molar-refractivity contribution in [2.24, 2.45) is 0 Å². The summed E-state index contributed by atoms with van der Waals surface area (Å²) >= 11 is 7.17. The van der Waals surface area contributed by atoms with Crippen LogP contribution >= 0.6 is 22.9 Å². The Bertz CT molecular complexity index is 832. The zero-order chi connectivity index (χ0) is 18.7. The van der Waals surface area contributed by atoms with Crippen LogP contribution in [0.1, 0.15) is 32.0 Å². The smallest absolute Gasteiger partial charge is 0.264 e. The van der Waals surface area contributed by atoms with Gasteiger partial charge in [0.1, 0.15) is 5.82 Å². The highest BCUT2D eigenvalue weighted by molar-refractivity contribution is 7.18. The summed E-state index contributed by atoms with van der Waals surface area (Å²) in [5.41, 5.74) is 1.00. The SMILES string of the molecule is Cc1cc(NC(=O)c2ccc(F)cc2Cl)sc1C(=O)N1CCCNCC1. The summed E-state index contributed by atoms with van der Waals surface area (Å²) in [6.07, 6.45) is 0.919. The van der Waals surface area contributed by atoms with Crippen molar-refractivity contribution in [3.05, 3.63) is 51.1 Å². The molecule has 26 heavy (non-hydrogen) atoms. The summed E-state index contributed by atoms with van der Waals surface area (Å²) < 4.78 is 13.1. The standard InChI is InChI=1S/C18H19ClFN3O2S/c1-11-9-15(22-17(24)13-4-3-12(20)10-14(13)19)26-16(11)18(25)23-7-2-5-21-6-8-23/h3-4,9-10,21H,2,5-8H2,1H3,(H,22,24). The van der Waals surface area contributed by atoms with E-state index in [2.05, 4.69) is 10.6 Å². The number of nitrogens with one attached hydrogen (secondary N) is 2. The molecule has 1 aromatic carbocycles. The third-order valence-corrected chi connectivity index (χ3v) is 5.61. The van der Waals surface area contributed by atoms with Crippen LogP contribution in [0.4, 0.5) is 9.39 Å². The highest BCUT2D eigenvalue weighted by atomic mass is 35.5. The maximum absolute atomic E-state index is 13.1. The minimum absolute atomic E-state index is 0.0171. The normalized spacial score (nSPS) is 14.8. The van der Waals surface area contributed by atoms with Crippen LogP contribution in [0.15, 0.2) is 24.3 Å². The van der Waals surface area contributed by atoms with Crippen LogP contribution in [-0.4, -0.2) is 42.9 Å². The van der Waals surface area contributed by atoms with Gasteiger partial charge in [-0.3, -0.25) is 9.59 Å². The molecule has 2 aromatic rings. The minimum Gasteiger partial charge on any atom is -0.337 e. The number of thiophene rings is 1. The number of carbonyl (C=O) groups is 2. The number of rotatable bonds is 3. The average molecular weight is 396 g/mol. The Morgan fingerprint density at radius 2 is 2.08 bits per heavy atom. The van der Waals surface area contributed by atoms with E-state index in [1.165, 1.54) is 23.5 Å². The predicted molar refractivity (Wildman–Crippen MR) is 102 cm³/mol. The molecule has 0 saturated carbocycles. The van der Waals surface area contributed by atoms with E-state index in [0.717, 1.165) is 37.7 Å². The van der Waals surface area contributed by atoms with Crippen molar-refractivity contribution in [2.45, 2.75) is 13.3 Å². The molecule has 2 amide bonds. The third kappa shape index (κ3) is 4.23. The van der Waals surface area contributed by atoms with Crippen LogP contribution in [0.2, 0.25) is 5.02 Å². The number of carbonyl (C=O) groups excluding carboxylic acids is 2. The van der Waals surface area contributed by atoms with Crippen molar-refractivity contribution in [1.29, 1.82) is 0 Å². The fraction of sp³-hybridized carbons (Fsp3) is 0.333. The number of aryl methyl sites for hydroxylation is 1. The highest BCUT2D eigenvalue weighted by Gasteiger charge is 2.22. The molecule has 1 aliphatic heterocycles. The van der Waals surface area contributed by atoms with Gasteiger partial charge in [0.15, 0.2) is 0 Å². The average Bonchev–Trinajstić information content (AvgIpc) is 2.80. The maximum Gasteiger partial charge on any atom is 0.264 e. The molecule has 0 aliphatic carbocycles. The van der Waals surface area contributed by atoms with Crippen molar-refractivity contribution in [1.82, 2.24) is 10.2 Å². The van der Waals surface area contributed by atoms with Crippen LogP contribution in [0.3, 0.4) is 0 Å². The zero-order valence-corrected chi connectivity index (χ0v) is 15.8. The van der Waals surface area contributed by atoms with E-state index in [-0.39, 0.29) is 16.5 Å². The van der Waals surface area contributed by atoms with E-state index in [9.17, 15) is 14.0 Å². The molecule has 138 valence electrons. The van der Waals surface area contributed by atoms with Crippen molar-refractivity contribution >= 4 is 39.8 Å². The second-order valence-corrected chi connectivity index (χ2v) is 7.56. The van der Waals surface area contributed by atoms with Crippen LogP contribution in [0.5, 0.6) is 0 Å². The van der Waals surface area contributed by atoms with Gasteiger partial charge in [0.05, 0.1) is 20.5 Å². The number of nitrogens with zero attached hydrogens (tertiary/aromatic N) is 1. The second kappa shape index (κ2) is 8.16. The van der Waals surface area contributed by atoms with Crippen molar-refractivity contribution in [3.8, 4) is 0 Å². The Balaban J connectivity index is 1.75. The first kappa shape index (κ1) is 18.8. The molecule has 2 N–H and O–H groups in total. The van der Waals surface area contributed by atoms with Gasteiger partial charge in [-0.05, 0) is 49.7 Å². The lowest BCUT2D eigenvalue weighted by atomic mass is 10.2. The molecule has 0 radical (unpaired) electrons. The first-order valence-electron chi connectivity index (χ1n) is 8.32. The summed E-state index contributed by atoms with van der Waals surface area (Å²) in [6, 6.07) is 5.38. The highest BCUT2D eigenvalue weighted by Crippen LogP contribution is 2.29. The van der Waals surface area contributed by atoms with Crippen molar-refractivity contribution in [2.75, 3.05) is 31.5 Å². The first-order chi connectivity index (χ1) is 12.5. The summed E-state index contributed by atoms with van der Waals surface area (Å²) in [5, 5.41) is 6.61. The Hall–Kier alpha value is -1.96. The molecule has 1 saturated heterocycles. The molecular formula is C18H19ClFN3O2S. The van der Waals surface area contributed by atoms with Crippen LogP contribution in [0.25, 0.3) is 0 Å². The number of amides is 2. The molecule has 2 heterocycles. The molecule has 5 nitrogen and oxygen atoms in total. The molecule has 0 atom stereocenters. The molecule has 3 rings (SSSR count). The van der Waals surface area contributed by atoms with Crippen molar-refractivity contribution < 1.29 is 14.0 Å².